The van der Waals surface area contributed by atoms with Crippen LogP contribution in [0.4, 0.5) is 0 Å². The van der Waals surface area contributed by atoms with Crippen LogP contribution in [0.25, 0.3) is 0 Å². The molecule has 0 unspecified atom stereocenters. The van der Waals surface area contributed by atoms with Gasteiger partial charge in [0.25, 0.3) is 0 Å². The van der Waals surface area contributed by atoms with E-state index in [1.54, 1.807) is 6.07 Å². The fourth-order valence-corrected chi connectivity index (χ4v) is 3.46. The number of methoxy groups -OCH3 is 1. The van der Waals surface area contributed by atoms with Crippen molar-refractivity contribution in [1.82, 2.24) is 0 Å². The number of carbonyl (C=O) groups is 2. The van der Waals surface area contributed by atoms with Crippen LogP contribution in [0.2, 0.25) is 0 Å². The lowest BCUT2D eigenvalue weighted by molar-refractivity contribution is -0.231. The quantitative estimate of drug-likeness (QED) is 0.335. The number of rotatable bonds is 5. The van der Waals surface area contributed by atoms with Crippen molar-refractivity contribution in [3.05, 3.63) is 64.2 Å². The minimum Gasteiger partial charge on any atom is -0.495 e. The molecule has 0 amide bonds. The number of benzene rings is 2. The largest absolute Gasteiger partial charge is 0.495 e. The molecule has 0 aromatic heterocycles. The van der Waals surface area contributed by atoms with E-state index in [-0.39, 0.29) is 16.7 Å². The number of aromatic carboxylic acids is 2. The van der Waals surface area contributed by atoms with Crippen LogP contribution in [0.3, 0.4) is 0 Å². The summed E-state index contributed by atoms with van der Waals surface area (Å²) >= 11 is 0. The Morgan fingerprint density at radius 1 is 0.939 bits per heavy atom. The third-order valence-corrected chi connectivity index (χ3v) is 5.21. The van der Waals surface area contributed by atoms with E-state index in [1.165, 1.54) is 31.4 Å². The Labute approximate surface area is 188 Å². The molecule has 1 aliphatic heterocycles. The lowest BCUT2D eigenvalue weighted by Crippen LogP contribution is -2.55. The van der Waals surface area contributed by atoms with Crippen LogP contribution in [0.5, 0.6) is 5.75 Å². The van der Waals surface area contributed by atoms with E-state index < -0.39 is 49.1 Å². The molecule has 0 saturated carbocycles. The molecule has 1 fully saturated rings. The summed E-state index contributed by atoms with van der Waals surface area (Å²) in [6.45, 7) is -0.573. The summed E-state index contributed by atoms with van der Waals surface area (Å²) in [7, 11) is 1.40. The third-order valence-electron chi connectivity index (χ3n) is 5.21. The molecule has 2 aromatic rings. The maximum Gasteiger partial charge on any atom is 0.335 e. The van der Waals surface area contributed by atoms with Gasteiger partial charge in [0.15, 0.2) is 0 Å². The van der Waals surface area contributed by atoms with Gasteiger partial charge in [-0.1, -0.05) is 17.9 Å². The Morgan fingerprint density at radius 3 is 2.12 bits per heavy atom. The van der Waals surface area contributed by atoms with E-state index in [2.05, 4.69) is 11.8 Å². The smallest absolute Gasteiger partial charge is 0.335 e. The number of hydrogen-bond donors (Lipinski definition) is 6. The first kappa shape index (κ1) is 24.2. The van der Waals surface area contributed by atoms with Crippen molar-refractivity contribution in [3.8, 4) is 17.6 Å². The molecular formula is C23H22O10. The van der Waals surface area contributed by atoms with Crippen molar-refractivity contribution in [2.45, 2.75) is 30.5 Å². The molecule has 0 aliphatic carbocycles. The van der Waals surface area contributed by atoms with Crippen molar-refractivity contribution in [3.63, 3.8) is 0 Å². The number of hydrogen-bond acceptors (Lipinski definition) is 8. The first-order valence-corrected chi connectivity index (χ1v) is 9.78. The molecule has 10 nitrogen and oxygen atoms in total. The summed E-state index contributed by atoms with van der Waals surface area (Å²) in [4.78, 5) is 22.6. The molecule has 1 aliphatic rings. The zero-order chi connectivity index (χ0) is 24.3. The molecule has 2 aromatic carbocycles. The predicted molar refractivity (Wildman–Crippen MR) is 112 cm³/mol. The summed E-state index contributed by atoms with van der Waals surface area (Å²) < 4.78 is 10.8. The molecule has 1 heterocycles. The van der Waals surface area contributed by atoms with Gasteiger partial charge in [-0.25, -0.2) is 9.59 Å². The van der Waals surface area contributed by atoms with E-state index in [1.807, 2.05) is 0 Å². The molecule has 0 bridgehead atoms. The predicted octanol–water partition coefficient (Wildman–Crippen LogP) is 0.00630. The van der Waals surface area contributed by atoms with E-state index in [0.29, 0.717) is 16.9 Å². The van der Waals surface area contributed by atoms with E-state index >= 15 is 0 Å². The maximum absolute atomic E-state index is 11.3. The van der Waals surface area contributed by atoms with Gasteiger partial charge in [-0.15, -0.1) is 0 Å². The highest BCUT2D eigenvalue weighted by molar-refractivity contribution is 5.94. The van der Waals surface area contributed by atoms with Gasteiger partial charge in [0.05, 0.1) is 30.4 Å². The third kappa shape index (κ3) is 5.14. The van der Waals surface area contributed by atoms with Crippen LogP contribution in [-0.4, -0.2) is 80.7 Å². The molecule has 33 heavy (non-hydrogen) atoms. The van der Waals surface area contributed by atoms with Crippen molar-refractivity contribution >= 4 is 11.9 Å². The standard InChI is InChI=1S/C23H22O10/c1-32-16-5-4-13(21-20(27)19(26)18(25)17(10-24)33-21)8-12(16)3-2-11-6-14(22(28)29)9-15(7-11)23(30)31/h4-9,17-21,24-27H,10H2,1H3,(H,28,29)(H,30,31)/t17-,18-,19+,20-,21-/m1/s1. The van der Waals surface area contributed by atoms with Crippen LogP contribution in [-0.2, 0) is 4.74 Å². The van der Waals surface area contributed by atoms with Gasteiger partial charge in [-0.05, 0) is 35.9 Å². The summed E-state index contributed by atoms with van der Waals surface area (Å²) in [6.07, 6.45) is -6.70. The van der Waals surface area contributed by atoms with Crippen molar-refractivity contribution in [2.24, 2.45) is 0 Å². The van der Waals surface area contributed by atoms with E-state index in [4.69, 9.17) is 9.47 Å². The van der Waals surface area contributed by atoms with Crippen LogP contribution >= 0.6 is 0 Å². The Bertz CT molecular complexity index is 1080. The average molecular weight is 458 g/mol. The fraction of sp³-hybridized carbons (Fsp3) is 0.304. The molecule has 0 spiro atoms. The molecule has 174 valence electrons. The van der Waals surface area contributed by atoms with Gasteiger partial charge < -0.3 is 40.1 Å². The second-order valence-electron chi connectivity index (χ2n) is 7.37. The second kappa shape index (κ2) is 9.99. The normalized spacial score (nSPS) is 24.5. The highest BCUT2D eigenvalue weighted by atomic mass is 16.5. The summed E-state index contributed by atoms with van der Waals surface area (Å²) in [5.74, 6) is 3.24. The van der Waals surface area contributed by atoms with Crippen molar-refractivity contribution in [2.75, 3.05) is 13.7 Å². The highest BCUT2D eigenvalue weighted by Crippen LogP contribution is 2.34. The summed E-state index contributed by atoms with van der Waals surface area (Å²) in [5, 5.41) is 58.2. The fourth-order valence-electron chi connectivity index (χ4n) is 3.46. The Kier molecular flexibility index (Phi) is 7.33. The Hall–Kier alpha value is -3.46. The number of aliphatic hydroxyl groups is 4. The van der Waals surface area contributed by atoms with E-state index in [9.17, 15) is 40.2 Å². The molecule has 5 atom stereocenters. The maximum atomic E-state index is 11.3. The minimum absolute atomic E-state index is 0.146. The molecule has 0 radical (unpaired) electrons. The van der Waals surface area contributed by atoms with Crippen molar-refractivity contribution < 1.29 is 49.7 Å². The number of carboxylic acid groups (broad SMARTS) is 2. The zero-order valence-electron chi connectivity index (χ0n) is 17.4. The van der Waals surface area contributed by atoms with Crippen LogP contribution in [0, 0.1) is 11.8 Å². The number of carboxylic acids is 2. The lowest BCUT2D eigenvalue weighted by atomic mass is 9.90. The number of aliphatic hydroxyl groups excluding tert-OH is 4. The molecule has 10 heteroatoms. The van der Waals surface area contributed by atoms with Gasteiger partial charge in [-0.2, -0.15) is 0 Å². The average Bonchev–Trinajstić information content (AvgIpc) is 2.81. The molecule has 1 saturated heterocycles. The Balaban J connectivity index is 2.01. The van der Waals surface area contributed by atoms with E-state index in [0.717, 1.165) is 6.07 Å². The monoisotopic (exact) mass is 458 g/mol. The van der Waals surface area contributed by atoms with Crippen LogP contribution in [0.1, 0.15) is 43.5 Å². The first-order valence-electron chi connectivity index (χ1n) is 9.78. The van der Waals surface area contributed by atoms with Gasteiger partial charge in [0.2, 0.25) is 0 Å². The van der Waals surface area contributed by atoms with Gasteiger partial charge >= 0.3 is 11.9 Å². The van der Waals surface area contributed by atoms with Gasteiger partial charge in [0, 0.05) is 5.56 Å². The van der Waals surface area contributed by atoms with Gasteiger partial charge in [0.1, 0.15) is 36.3 Å². The van der Waals surface area contributed by atoms with Gasteiger partial charge in [-0.3, -0.25) is 0 Å². The summed E-state index contributed by atoms with van der Waals surface area (Å²) in [6, 6.07) is 8.10. The topological polar surface area (TPSA) is 174 Å². The second-order valence-corrected chi connectivity index (χ2v) is 7.37. The van der Waals surface area contributed by atoms with Crippen LogP contribution in [0.15, 0.2) is 36.4 Å². The number of ether oxygens (including phenoxy) is 2. The minimum atomic E-state index is -1.55. The molecule has 6 N–H and O–H groups in total. The SMILES string of the molecule is COc1ccc([C@H]2O[C@H](CO)[C@@H](O)[C@H](O)[C@H]2O)cc1C#Cc1cc(C(=O)O)cc(C(=O)O)c1. The lowest BCUT2D eigenvalue weighted by Gasteiger charge is -2.40. The van der Waals surface area contributed by atoms with Crippen LogP contribution < -0.4 is 4.74 Å². The zero-order valence-corrected chi connectivity index (χ0v) is 17.4. The highest BCUT2D eigenvalue weighted by Gasteiger charge is 2.44. The molecule has 3 rings (SSSR count). The molecular weight excluding hydrogens is 436 g/mol. The van der Waals surface area contributed by atoms with Crippen molar-refractivity contribution in [1.29, 1.82) is 0 Å². The summed E-state index contributed by atoms with van der Waals surface area (Å²) in [5.41, 5.74) is 0.363. The first-order chi connectivity index (χ1) is 15.7. The Morgan fingerprint density at radius 2 is 1.58 bits per heavy atom.